The Bertz CT molecular complexity index is 953. The average molecular weight is 353 g/mol. The van der Waals surface area contributed by atoms with E-state index in [1.165, 1.54) is 12.4 Å². The highest BCUT2D eigenvalue weighted by atomic mass is 16.2. The predicted octanol–water partition coefficient (Wildman–Crippen LogP) is 0.707. The van der Waals surface area contributed by atoms with E-state index in [2.05, 4.69) is 25.5 Å². The SMILES string of the molecule is CC(CN(C)c1cc(C(N)=O)ncn1)NC(=O)c1cccc2cn[nH]c12. The number of para-hydroxylation sites is 1. The summed E-state index contributed by atoms with van der Waals surface area (Å²) in [5.74, 6) is -0.261. The Morgan fingerprint density at radius 2 is 2.15 bits per heavy atom. The summed E-state index contributed by atoms with van der Waals surface area (Å²) in [5, 5.41) is 10.6. The minimum Gasteiger partial charge on any atom is -0.364 e. The maximum absolute atomic E-state index is 12.6. The Balaban J connectivity index is 1.67. The number of likely N-dealkylation sites (N-methyl/N-ethyl adjacent to an activating group) is 1. The molecule has 0 bridgehead atoms. The number of nitrogens with one attached hydrogen (secondary N) is 2. The molecule has 3 aromatic rings. The first-order chi connectivity index (χ1) is 12.5. The van der Waals surface area contributed by atoms with E-state index in [0.717, 1.165) is 5.39 Å². The van der Waals surface area contributed by atoms with Gasteiger partial charge in [-0.1, -0.05) is 12.1 Å². The van der Waals surface area contributed by atoms with Crippen LogP contribution in [0.3, 0.4) is 0 Å². The van der Waals surface area contributed by atoms with Gasteiger partial charge in [0, 0.05) is 31.1 Å². The number of benzene rings is 1. The van der Waals surface area contributed by atoms with Gasteiger partial charge in [-0.3, -0.25) is 14.7 Å². The van der Waals surface area contributed by atoms with Crippen molar-refractivity contribution in [1.29, 1.82) is 0 Å². The second-order valence-electron chi connectivity index (χ2n) is 6.02. The number of hydrogen-bond donors (Lipinski definition) is 3. The Labute approximate surface area is 149 Å². The van der Waals surface area contributed by atoms with Crippen molar-refractivity contribution in [3.63, 3.8) is 0 Å². The molecule has 0 fully saturated rings. The van der Waals surface area contributed by atoms with E-state index in [9.17, 15) is 9.59 Å². The monoisotopic (exact) mass is 353 g/mol. The van der Waals surface area contributed by atoms with E-state index >= 15 is 0 Å². The zero-order valence-electron chi connectivity index (χ0n) is 14.4. The molecule has 0 saturated heterocycles. The summed E-state index contributed by atoms with van der Waals surface area (Å²) in [4.78, 5) is 33.6. The normalized spacial score (nSPS) is 11.9. The third kappa shape index (κ3) is 3.61. The lowest BCUT2D eigenvalue weighted by atomic mass is 10.1. The molecule has 1 aromatic carbocycles. The van der Waals surface area contributed by atoms with Gasteiger partial charge >= 0.3 is 0 Å². The molecule has 9 nitrogen and oxygen atoms in total. The maximum atomic E-state index is 12.6. The number of nitrogens with zero attached hydrogens (tertiary/aromatic N) is 4. The summed E-state index contributed by atoms with van der Waals surface area (Å²) in [5.41, 5.74) is 6.62. The van der Waals surface area contributed by atoms with Gasteiger partial charge in [0.05, 0.1) is 17.3 Å². The zero-order chi connectivity index (χ0) is 18.7. The Morgan fingerprint density at radius 3 is 2.92 bits per heavy atom. The lowest BCUT2D eigenvalue weighted by molar-refractivity contribution is 0.0941. The molecule has 0 saturated carbocycles. The summed E-state index contributed by atoms with van der Waals surface area (Å²) < 4.78 is 0. The number of aromatic nitrogens is 4. The van der Waals surface area contributed by atoms with Gasteiger partial charge in [-0.05, 0) is 13.0 Å². The van der Waals surface area contributed by atoms with Crippen LogP contribution < -0.4 is 16.0 Å². The molecule has 1 unspecified atom stereocenters. The number of rotatable bonds is 6. The molecule has 4 N–H and O–H groups in total. The van der Waals surface area contributed by atoms with Crippen molar-refractivity contribution < 1.29 is 9.59 Å². The van der Waals surface area contributed by atoms with Crippen LogP contribution in [0.1, 0.15) is 27.8 Å². The molecule has 0 radical (unpaired) electrons. The third-order valence-electron chi connectivity index (χ3n) is 3.94. The molecule has 26 heavy (non-hydrogen) atoms. The van der Waals surface area contributed by atoms with Gasteiger partial charge in [0.1, 0.15) is 17.8 Å². The smallest absolute Gasteiger partial charge is 0.267 e. The molecule has 3 rings (SSSR count). The van der Waals surface area contributed by atoms with Crippen LogP contribution >= 0.6 is 0 Å². The summed E-state index contributed by atoms with van der Waals surface area (Å²) >= 11 is 0. The van der Waals surface area contributed by atoms with Crippen molar-refractivity contribution in [2.24, 2.45) is 5.73 Å². The van der Waals surface area contributed by atoms with Gasteiger partial charge in [0.25, 0.3) is 11.8 Å². The van der Waals surface area contributed by atoms with Crippen LogP contribution in [0.15, 0.2) is 36.8 Å². The second kappa shape index (κ2) is 7.18. The average Bonchev–Trinajstić information content (AvgIpc) is 3.10. The highest BCUT2D eigenvalue weighted by Gasteiger charge is 2.16. The predicted molar refractivity (Wildman–Crippen MR) is 96.8 cm³/mol. The van der Waals surface area contributed by atoms with E-state index in [0.29, 0.717) is 23.4 Å². The van der Waals surface area contributed by atoms with Crippen LogP contribution in [0, 0.1) is 0 Å². The number of H-pyrrole nitrogens is 1. The number of fused-ring (bicyclic) bond motifs is 1. The molecule has 0 aliphatic heterocycles. The van der Waals surface area contributed by atoms with E-state index in [4.69, 9.17) is 5.73 Å². The van der Waals surface area contributed by atoms with Gasteiger partial charge < -0.3 is 16.0 Å². The lowest BCUT2D eigenvalue weighted by Crippen LogP contribution is -2.41. The number of anilines is 1. The van der Waals surface area contributed by atoms with Crippen molar-refractivity contribution in [3.05, 3.63) is 48.0 Å². The van der Waals surface area contributed by atoms with Crippen molar-refractivity contribution in [1.82, 2.24) is 25.5 Å². The van der Waals surface area contributed by atoms with E-state index in [1.807, 2.05) is 31.0 Å². The molecule has 134 valence electrons. The molecule has 2 heterocycles. The van der Waals surface area contributed by atoms with E-state index < -0.39 is 5.91 Å². The molecule has 1 atom stereocenters. The summed E-state index contributed by atoms with van der Waals surface area (Å²) in [7, 11) is 1.81. The fourth-order valence-corrected chi connectivity index (χ4v) is 2.70. The molecule has 2 amide bonds. The molecular weight excluding hydrogens is 334 g/mol. The van der Waals surface area contributed by atoms with Crippen LogP contribution in [0.25, 0.3) is 10.9 Å². The first kappa shape index (κ1) is 17.3. The highest BCUT2D eigenvalue weighted by molar-refractivity contribution is 6.05. The van der Waals surface area contributed by atoms with Crippen molar-refractivity contribution >= 4 is 28.5 Å². The Kier molecular flexibility index (Phi) is 4.78. The fraction of sp³-hybridized carbons (Fsp3) is 0.235. The highest BCUT2D eigenvalue weighted by Crippen LogP contribution is 2.16. The van der Waals surface area contributed by atoms with Crippen molar-refractivity contribution in [2.45, 2.75) is 13.0 Å². The minimum absolute atomic E-state index is 0.143. The molecule has 2 aromatic heterocycles. The van der Waals surface area contributed by atoms with E-state index in [-0.39, 0.29) is 17.6 Å². The van der Waals surface area contributed by atoms with Crippen molar-refractivity contribution in [2.75, 3.05) is 18.5 Å². The topological polar surface area (TPSA) is 130 Å². The van der Waals surface area contributed by atoms with Crippen LogP contribution in [0.2, 0.25) is 0 Å². The van der Waals surface area contributed by atoms with Crippen LogP contribution in [0.4, 0.5) is 5.82 Å². The Morgan fingerprint density at radius 1 is 1.35 bits per heavy atom. The molecule has 0 spiro atoms. The molecular formula is C17H19N7O2. The first-order valence-corrected chi connectivity index (χ1v) is 8.01. The van der Waals surface area contributed by atoms with Crippen LogP contribution in [-0.2, 0) is 0 Å². The van der Waals surface area contributed by atoms with E-state index in [1.54, 1.807) is 12.3 Å². The number of hydrogen-bond acceptors (Lipinski definition) is 6. The quantitative estimate of drug-likeness (QED) is 0.598. The first-order valence-electron chi connectivity index (χ1n) is 8.01. The zero-order valence-corrected chi connectivity index (χ0v) is 14.4. The number of nitrogens with two attached hydrogens (primary N) is 1. The van der Waals surface area contributed by atoms with Crippen molar-refractivity contribution in [3.8, 4) is 0 Å². The second-order valence-corrected chi connectivity index (χ2v) is 6.02. The van der Waals surface area contributed by atoms with Crippen LogP contribution in [-0.4, -0.2) is 51.6 Å². The number of carbonyl (C=O) groups excluding carboxylic acids is 2. The van der Waals surface area contributed by atoms with Gasteiger partial charge in [0.2, 0.25) is 0 Å². The van der Waals surface area contributed by atoms with Gasteiger partial charge in [-0.15, -0.1) is 0 Å². The van der Waals surface area contributed by atoms with Gasteiger partial charge in [0.15, 0.2) is 0 Å². The minimum atomic E-state index is -0.615. The fourth-order valence-electron chi connectivity index (χ4n) is 2.70. The number of amides is 2. The summed E-state index contributed by atoms with van der Waals surface area (Å²) in [6, 6.07) is 6.80. The third-order valence-corrected chi connectivity index (χ3v) is 3.94. The number of aromatic amines is 1. The lowest BCUT2D eigenvalue weighted by Gasteiger charge is -2.23. The standard InChI is InChI=1S/C17H19N7O2/c1-10(8-24(2)14-6-13(16(18)25)19-9-20-14)22-17(26)12-5-3-4-11-7-21-23-15(11)12/h3-7,9-10H,8H2,1-2H3,(H2,18,25)(H,21,23)(H,22,26). The molecule has 0 aliphatic rings. The molecule has 9 heteroatoms. The maximum Gasteiger partial charge on any atom is 0.267 e. The summed E-state index contributed by atoms with van der Waals surface area (Å²) in [6.07, 6.45) is 2.96. The van der Waals surface area contributed by atoms with Crippen LogP contribution in [0.5, 0.6) is 0 Å². The van der Waals surface area contributed by atoms with Gasteiger partial charge in [-0.25, -0.2) is 9.97 Å². The Hall–Kier alpha value is -3.49. The largest absolute Gasteiger partial charge is 0.364 e. The summed E-state index contributed by atoms with van der Waals surface area (Å²) in [6.45, 7) is 2.37. The number of primary amides is 1. The molecule has 0 aliphatic carbocycles. The van der Waals surface area contributed by atoms with Gasteiger partial charge in [-0.2, -0.15) is 5.10 Å². The number of carbonyl (C=O) groups is 2.